The topological polar surface area (TPSA) is 49.4 Å². The molecule has 1 saturated carbocycles. The van der Waals surface area contributed by atoms with E-state index in [1.165, 1.54) is 6.92 Å². The Labute approximate surface area is 124 Å². The summed E-state index contributed by atoms with van der Waals surface area (Å²) in [4.78, 5) is 24.9. The first-order chi connectivity index (χ1) is 9.56. The number of nitrogens with zero attached hydrogens (tertiary/aromatic N) is 1. The van der Waals surface area contributed by atoms with Crippen molar-refractivity contribution in [3.05, 3.63) is 34.9 Å². The van der Waals surface area contributed by atoms with Gasteiger partial charge in [-0.15, -0.1) is 0 Å². The van der Waals surface area contributed by atoms with Gasteiger partial charge in [-0.2, -0.15) is 0 Å². The standard InChI is InChI=1S/C15H19ClN2O2/c1-11(19)18(14-5-6-14)10-15(20)17-8-7-12-3-2-4-13(16)9-12/h2-4,9,14H,5-8,10H2,1H3,(H,17,20). The molecule has 1 aromatic rings. The Kier molecular flexibility index (Phi) is 5.01. The smallest absolute Gasteiger partial charge is 0.239 e. The average molecular weight is 295 g/mol. The molecule has 0 radical (unpaired) electrons. The third-order valence-electron chi connectivity index (χ3n) is 3.33. The molecule has 5 heteroatoms. The van der Waals surface area contributed by atoms with Gasteiger partial charge < -0.3 is 10.2 Å². The number of carbonyl (C=O) groups excluding carboxylic acids is 2. The summed E-state index contributed by atoms with van der Waals surface area (Å²) in [5, 5.41) is 3.54. The van der Waals surface area contributed by atoms with Crippen molar-refractivity contribution in [3.63, 3.8) is 0 Å². The Hall–Kier alpha value is -1.55. The molecule has 1 aliphatic rings. The fourth-order valence-electron chi connectivity index (χ4n) is 2.13. The minimum atomic E-state index is -0.103. The summed E-state index contributed by atoms with van der Waals surface area (Å²) in [5.74, 6) is -0.133. The normalized spacial score (nSPS) is 13.9. The van der Waals surface area contributed by atoms with Gasteiger partial charge >= 0.3 is 0 Å². The van der Waals surface area contributed by atoms with Gasteiger partial charge in [0.05, 0.1) is 6.54 Å². The Morgan fingerprint density at radius 3 is 2.75 bits per heavy atom. The van der Waals surface area contributed by atoms with Crippen molar-refractivity contribution < 1.29 is 9.59 Å². The molecule has 4 nitrogen and oxygen atoms in total. The van der Waals surface area contributed by atoms with Crippen LogP contribution in [0.25, 0.3) is 0 Å². The first-order valence-electron chi connectivity index (χ1n) is 6.84. The van der Waals surface area contributed by atoms with Crippen molar-refractivity contribution in [1.29, 1.82) is 0 Å². The van der Waals surface area contributed by atoms with Crippen LogP contribution in [0.2, 0.25) is 5.02 Å². The van der Waals surface area contributed by atoms with Gasteiger partial charge in [0, 0.05) is 24.5 Å². The van der Waals surface area contributed by atoms with E-state index < -0.39 is 0 Å². The SMILES string of the molecule is CC(=O)N(CC(=O)NCCc1cccc(Cl)c1)C1CC1. The van der Waals surface area contributed by atoms with Gasteiger partial charge in [0.1, 0.15) is 0 Å². The van der Waals surface area contributed by atoms with Crippen LogP contribution in [0.4, 0.5) is 0 Å². The summed E-state index contributed by atoms with van der Waals surface area (Å²) in [6, 6.07) is 7.85. The number of nitrogens with one attached hydrogen (secondary N) is 1. The molecule has 2 rings (SSSR count). The second kappa shape index (κ2) is 6.75. The monoisotopic (exact) mass is 294 g/mol. The molecule has 1 fully saturated rings. The molecule has 20 heavy (non-hydrogen) atoms. The van der Waals surface area contributed by atoms with Gasteiger partial charge in [-0.1, -0.05) is 23.7 Å². The van der Waals surface area contributed by atoms with E-state index in [0.717, 1.165) is 24.8 Å². The minimum absolute atomic E-state index is 0.0301. The van der Waals surface area contributed by atoms with Crippen LogP contribution in [0.3, 0.4) is 0 Å². The van der Waals surface area contributed by atoms with E-state index >= 15 is 0 Å². The minimum Gasteiger partial charge on any atom is -0.354 e. The van der Waals surface area contributed by atoms with E-state index in [4.69, 9.17) is 11.6 Å². The number of amides is 2. The molecule has 0 bridgehead atoms. The Morgan fingerprint density at radius 1 is 1.40 bits per heavy atom. The summed E-state index contributed by atoms with van der Waals surface area (Å²) in [5.41, 5.74) is 1.09. The van der Waals surface area contributed by atoms with Crippen molar-refractivity contribution in [3.8, 4) is 0 Å². The summed E-state index contributed by atoms with van der Waals surface area (Å²) in [6.45, 7) is 2.22. The van der Waals surface area contributed by atoms with Gasteiger partial charge in [0.25, 0.3) is 0 Å². The molecule has 0 heterocycles. The second-order valence-corrected chi connectivity index (χ2v) is 5.54. The third kappa shape index (κ3) is 4.53. The zero-order valence-corrected chi connectivity index (χ0v) is 12.3. The second-order valence-electron chi connectivity index (χ2n) is 5.11. The lowest BCUT2D eigenvalue weighted by Gasteiger charge is -2.19. The molecular formula is C15H19ClN2O2. The molecule has 0 atom stereocenters. The van der Waals surface area contributed by atoms with Crippen LogP contribution in [0.1, 0.15) is 25.3 Å². The molecule has 1 aromatic carbocycles. The molecule has 1 aliphatic carbocycles. The Morgan fingerprint density at radius 2 is 2.15 bits per heavy atom. The zero-order chi connectivity index (χ0) is 14.5. The maximum Gasteiger partial charge on any atom is 0.239 e. The fraction of sp³-hybridized carbons (Fsp3) is 0.467. The first-order valence-corrected chi connectivity index (χ1v) is 7.22. The number of benzene rings is 1. The van der Waals surface area contributed by atoms with Crippen molar-refractivity contribution in [2.24, 2.45) is 0 Å². The third-order valence-corrected chi connectivity index (χ3v) is 3.57. The number of hydrogen-bond acceptors (Lipinski definition) is 2. The largest absolute Gasteiger partial charge is 0.354 e. The first kappa shape index (κ1) is 14.9. The van der Waals surface area contributed by atoms with E-state index in [1.807, 2.05) is 24.3 Å². The fourth-order valence-corrected chi connectivity index (χ4v) is 2.35. The molecule has 0 aromatic heterocycles. The van der Waals surface area contributed by atoms with Gasteiger partial charge in [-0.05, 0) is 37.0 Å². The summed E-state index contributed by atoms with van der Waals surface area (Å²) in [6.07, 6.45) is 2.75. The molecule has 0 unspecified atom stereocenters. The number of hydrogen-bond donors (Lipinski definition) is 1. The van der Waals surface area contributed by atoms with Gasteiger partial charge in [-0.25, -0.2) is 0 Å². The number of rotatable bonds is 6. The predicted molar refractivity (Wildman–Crippen MR) is 78.6 cm³/mol. The van der Waals surface area contributed by atoms with Crippen LogP contribution in [0, 0.1) is 0 Å². The quantitative estimate of drug-likeness (QED) is 0.872. The van der Waals surface area contributed by atoms with Crippen LogP contribution in [0.15, 0.2) is 24.3 Å². The predicted octanol–water partition coefficient (Wildman–Crippen LogP) is 2.01. The maximum absolute atomic E-state index is 11.8. The van der Waals surface area contributed by atoms with Gasteiger partial charge in [-0.3, -0.25) is 9.59 Å². The Bertz CT molecular complexity index is 500. The highest BCUT2D eigenvalue weighted by Gasteiger charge is 2.31. The lowest BCUT2D eigenvalue weighted by Crippen LogP contribution is -2.41. The van der Waals surface area contributed by atoms with Crippen molar-refractivity contribution in [2.75, 3.05) is 13.1 Å². The molecule has 108 valence electrons. The Balaban J connectivity index is 1.73. The highest BCUT2D eigenvalue weighted by atomic mass is 35.5. The van der Waals surface area contributed by atoms with Crippen LogP contribution >= 0.6 is 11.6 Å². The molecule has 0 aliphatic heterocycles. The molecule has 0 spiro atoms. The van der Waals surface area contributed by atoms with Gasteiger partial charge in [0.2, 0.25) is 11.8 Å². The van der Waals surface area contributed by atoms with Crippen molar-refractivity contribution >= 4 is 23.4 Å². The van der Waals surface area contributed by atoms with E-state index in [1.54, 1.807) is 4.90 Å². The van der Waals surface area contributed by atoms with Gasteiger partial charge in [0.15, 0.2) is 0 Å². The summed E-state index contributed by atoms with van der Waals surface area (Å²) >= 11 is 5.90. The highest BCUT2D eigenvalue weighted by Crippen LogP contribution is 2.26. The van der Waals surface area contributed by atoms with Crippen LogP contribution in [-0.4, -0.2) is 35.8 Å². The van der Waals surface area contributed by atoms with Crippen LogP contribution in [-0.2, 0) is 16.0 Å². The van der Waals surface area contributed by atoms with E-state index in [-0.39, 0.29) is 24.4 Å². The van der Waals surface area contributed by atoms with Crippen molar-refractivity contribution in [1.82, 2.24) is 10.2 Å². The number of halogens is 1. The molecule has 2 amide bonds. The van der Waals surface area contributed by atoms with Crippen LogP contribution < -0.4 is 5.32 Å². The van der Waals surface area contributed by atoms with E-state index in [9.17, 15) is 9.59 Å². The molecule has 1 N–H and O–H groups in total. The molecular weight excluding hydrogens is 276 g/mol. The van der Waals surface area contributed by atoms with Crippen LogP contribution in [0.5, 0.6) is 0 Å². The lowest BCUT2D eigenvalue weighted by atomic mass is 10.1. The van der Waals surface area contributed by atoms with E-state index in [2.05, 4.69) is 5.32 Å². The zero-order valence-electron chi connectivity index (χ0n) is 11.6. The lowest BCUT2D eigenvalue weighted by molar-refractivity contribution is -0.134. The highest BCUT2D eigenvalue weighted by molar-refractivity contribution is 6.30. The van der Waals surface area contributed by atoms with Crippen molar-refractivity contribution in [2.45, 2.75) is 32.2 Å². The summed E-state index contributed by atoms with van der Waals surface area (Å²) < 4.78 is 0. The number of carbonyl (C=O) groups is 2. The molecule has 0 saturated heterocycles. The average Bonchev–Trinajstić information content (AvgIpc) is 3.20. The maximum atomic E-state index is 11.8. The summed E-state index contributed by atoms with van der Waals surface area (Å²) in [7, 11) is 0. The van der Waals surface area contributed by atoms with E-state index in [0.29, 0.717) is 11.6 Å².